The van der Waals surface area contributed by atoms with Crippen LogP contribution >= 0.6 is 0 Å². The van der Waals surface area contributed by atoms with Crippen LogP contribution in [0.5, 0.6) is 11.6 Å². The van der Waals surface area contributed by atoms with E-state index < -0.39 is 0 Å². The Hall–Kier alpha value is -3.89. The molecule has 1 fully saturated rings. The Morgan fingerprint density at radius 3 is 2.66 bits per heavy atom. The summed E-state index contributed by atoms with van der Waals surface area (Å²) in [4.78, 5) is 16.2. The van der Waals surface area contributed by atoms with Crippen molar-refractivity contribution in [2.75, 3.05) is 20.3 Å². The Morgan fingerprint density at radius 2 is 1.97 bits per heavy atom. The van der Waals surface area contributed by atoms with Gasteiger partial charge in [-0.25, -0.2) is 9.37 Å². The van der Waals surface area contributed by atoms with Gasteiger partial charge in [0.25, 0.3) is 0 Å². The first-order chi connectivity index (χ1) is 18.6. The number of pyridine rings is 1. The molecule has 1 aromatic heterocycles. The predicted octanol–water partition coefficient (Wildman–Crippen LogP) is 5.79. The van der Waals surface area contributed by atoms with E-state index in [-0.39, 0.29) is 36.3 Å². The van der Waals surface area contributed by atoms with Crippen LogP contribution in [0.4, 0.5) is 4.39 Å². The van der Waals surface area contributed by atoms with E-state index in [4.69, 9.17) is 18.9 Å². The maximum absolute atomic E-state index is 15.1. The molecule has 7 heteroatoms. The molecular formula is C31H30FNO5. The summed E-state index contributed by atoms with van der Waals surface area (Å²) in [5, 5.41) is 0. The molecule has 1 saturated heterocycles. The minimum atomic E-state index is -0.301. The van der Waals surface area contributed by atoms with Crippen LogP contribution in [0.2, 0.25) is 0 Å². The molecule has 196 valence electrons. The van der Waals surface area contributed by atoms with Gasteiger partial charge in [0.2, 0.25) is 5.88 Å². The second-order valence-corrected chi connectivity index (χ2v) is 9.42. The molecule has 38 heavy (non-hydrogen) atoms. The molecule has 3 aromatic rings. The number of ether oxygens (including phenoxy) is 4. The van der Waals surface area contributed by atoms with Crippen molar-refractivity contribution in [1.29, 1.82) is 0 Å². The highest BCUT2D eigenvalue weighted by Crippen LogP contribution is 2.41. The Labute approximate surface area is 222 Å². The highest BCUT2D eigenvalue weighted by molar-refractivity contribution is 5.71. The minimum absolute atomic E-state index is 0.0105. The molecular weight excluding hydrogens is 485 g/mol. The summed E-state index contributed by atoms with van der Waals surface area (Å²) < 4.78 is 37.4. The zero-order chi connectivity index (χ0) is 26.5. The molecule has 6 nitrogen and oxygen atoms in total. The molecule has 0 saturated carbocycles. The number of benzene rings is 2. The van der Waals surface area contributed by atoms with Crippen LogP contribution in [0, 0.1) is 17.7 Å². The fourth-order valence-corrected chi connectivity index (χ4v) is 5.07. The number of methoxy groups -OCH3 is 1. The smallest absolute Gasteiger partial charge is 0.307 e. The number of halogens is 1. The van der Waals surface area contributed by atoms with Gasteiger partial charge in [0, 0.05) is 29.8 Å². The van der Waals surface area contributed by atoms with Crippen LogP contribution in [0.15, 0.2) is 54.7 Å². The molecule has 0 radical (unpaired) electrons. The largest absolute Gasteiger partial charge is 0.486 e. The summed E-state index contributed by atoms with van der Waals surface area (Å²) >= 11 is 0. The van der Waals surface area contributed by atoms with Crippen LogP contribution in [0.1, 0.15) is 54.9 Å². The Balaban J connectivity index is 1.31. The summed E-state index contributed by atoms with van der Waals surface area (Å²) in [6.07, 6.45) is 3.98. The van der Waals surface area contributed by atoms with Gasteiger partial charge in [0.05, 0.1) is 32.7 Å². The Bertz CT molecular complexity index is 1340. The van der Waals surface area contributed by atoms with Crippen LogP contribution in [-0.4, -0.2) is 37.4 Å². The van der Waals surface area contributed by atoms with E-state index in [1.54, 1.807) is 19.2 Å². The molecule has 2 aliphatic rings. The number of hydrogen-bond acceptors (Lipinski definition) is 6. The van der Waals surface area contributed by atoms with Gasteiger partial charge >= 0.3 is 5.97 Å². The van der Waals surface area contributed by atoms with Crippen molar-refractivity contribution in [2.45, 2.75) is 50.7 Å². The van der Waals surface area contributed by atoms with Gasteiger partial charge in [0.1, 0.15) is 23.8 Å². The number of rotatable bonds is 8. The summed E-state index contributed by atoms with van der Waals surface area (Å²) in [6.45, 7) is 3.01. The number of aromatic nitrogens is 1. The fraction of sp³-hybridized carbons (Fsp3) is 0.355. The standard InChI is InChI=1S/C31H30FNO5/c1-3-4-21(17-30(34)35-2)20-5-8-23(9-6-20)37-28-13-11-26-25(28)10-12-27(32)31(26)22-7-14-29(33-18-22)38-24-15-16-36-19-24/h5-10,12,14,18,21,24,28H,11,13,15-17,19H2,1-2H3/t21-,24+,28+/m0/s1. The van der Waals surface area contributed by atoms with Gasteiger partial charge in [-0.05, 0) is 60.7 Å². The molecule has 0 bridgehead atoms. The molecule has 1 aliphatic heterocycles. The maximum Gasteiger partial charge on any atom is 0.307 e. The molecule has 0 unspecified atom stereocenters. The van der Waals surface area contributed by atoms with Gasteiger partial charge < -0.3 is 18.9 Å². The van der Waals surface area contributed by atoms with E-state index in [0.29, 0.717) is 42.4 Å². The maximum atomic E-state index is 15.1. The third-order valence-electron chi connectivity index (χ3n) is 6.98. The van der Waals surface area contributed by atoms with Crippen molar-refractivity contribution < 1.29 is 28.1 Å². The SMILES string of the molecule is CC#C[C@@H](CC(=O)OC)c1ccc(O[C@@H]2CCc3c2ccc(F)c3-c2ccc(O[C@@H]3CCOC3)nc2)cc1. The molecule has 0 amide bonds. The normalized spacial score (nSPS) is 18.7. The predicted molar refractivity (Wildman–Crippen MR) is 140 cm³/mol. The lowest BCUT2D eigenvalue weighted by molar-refractivity contribution is -0.140. The quantitative estimate of drug-likeness (QED) is 0.279. The Kier molecular flexibility index (Phi) is 7.90. The van der Waals surface area contributed by atoms with Crippen LogP contribution in [-0.2, 0) is 20.7 Å². The molecule has 0 spiro atoms. The van der Waals surface area contributed by atoms with E-state index in [0.717, 1.165) is 29.5 Å². The molecule has 0 N–H and O–H groups in total. The van der Waals surface area contributed by atoms with Crippen molar-refractivity contribution in [3.63, 3.8) is 0 Å². The lowest BCUT2D eigenvalue weighted by Crippen LogP contribution is -2.16. The van der Waals surface area contributed by atoms with E-state index >= 15 is 4.39 Å². The van der Waals surface area contributed by atoms with Crippen LogP contribution < -0.4 is 9.47 Å². The summed E-state index contributed by atoms with van der Waals surface area (Å²) in [5.74, 6) is 6.36. The van der Waals surface area contributed by atoms with Gasteiger partial charge in [-0.1, -0.05) is 24.1 Å². The number of hydrogen-bond donors (Lipinski definition) is 0. The minimum Gasteiger partial charge on any atom is -0.486 e. The number of esters is 1. The van der Waals surface area contributed by atoms with Gasteiger partial charge in [0.15, 0.2) is 0 Å². The lowest BCUT2D eigenvalue weighted by Gasteiger charge is -2.17. The first kappa shape index (κ1) is 25.7. The highest BCUT2D eigenvalue weighted by atomic mass is 19.1. The van der Waals surface area contributed by atoms with Gasteiger partial charge in [-0.3, -0.25) is 4.79 Å². The van der Waals surface area contributed by atoms with Gasteiger partial charge in [-0.15, -0.1) is 5.92 Å². The average Bonchev–Trinajstić information content (AvgIpc) is 3.59. The number of carbonyl (C=O) groups is 1. The van der Waals surface area contributed by atoms with Crippen molar-refractivity contribution in [1.82, 2.24) is 4.98 Å². The third-order valence-corrected chi connectivity index (χ3v) is 6.98. The Morgan fingerprint density at radius 1 is 1.13 bits per heavy atom. The van der Waals surface area contributed by atoms with E-state index in [9.17, 15) is 4.79 Å². The first-order valence-corrected chi connectivity index (χ1v) is 12.8. The summed E-state index contributed by atoms with van der Waals surface area (Å²) in [7, 11) is 1.37. The lowest BCUT2D eigenvalue weighted by atomic mass is 9.96. The summed E-state index contributed by atoms with van der Waals surface area (Å²) in [5.41, 5.74) is 4.13. The second kappa shape index (κ2) is 11.7. The average molecular weight is 516 g/mol. The number of fused-ring (bicyclic) bond motifs is 1. The van der Waals surface area contributed by atoms with Crippen LogP contribution in [0.25, 0.3) is 11.1 Å². The van der Waals surface area contributed by atoms with Gasteiger partial charge in [-0.2, -0.15) is 0 Å². The molecule has 3 atom stereocenters. The monoisotopic (exact) mass is 515 g/mol. The van der Waals surface area contributed by atoms with Crippen molar-refractivity contribution >= 4 is 5.97 Å². The second-order valence-electron chi connectivity index (χ2n) is 9.42. The van der Waals surface area contributed by atoms with E-state index in [2.05, 4.69) is 16.8 Å². The zero-order valence-electron chi connectivity index (χ0n) is 21.5. The zero-order valence-corrected chi connectivity index (χ0v) is 21.5. The molecule has 2 heterocycles. The van der Waals surface area contributed by atoms with E-state index in [1.165, 1.54) is 13.2 Å². The van der Waals surface area contributed by atoms with Crippen LogP contribution in [0.3, 0.4) is 0 Å². The number of nitrogens with zero attached hydrogens (tertiary/aromatic N) is 1. The van der Waals surface area contributed by atoms with Crippen molar-refractivity contribution in [2.24, 2.45) is 0 Å². The third kappa shape index (κ3) is 5.66. The summed E-state index contributed by atoms with van der Waals surface area (Å²) in [6, 6.07) is 14.6. The highest BCUT2D eigenvalue weighted by Gasteiger charge is 2.29. The molecule has 5 rings (SSSR count). The van der Waals surface area contributed by atoms with Crippen molar-refractivity contribution in [3.8, 4) is 34.6 Å². The first-order valence-electron chi connectivity index (χ1n) is 12.8. The topological polar surface area (TPSA) is 66.9 Å². The fourth-order valence-electron chi connectivity index (χ4n) is 5.07. The van der Waals surface area contributed by atoms with Crippen molar-refractivity contribution in [3.05, 3.63) is 77.2 Å². The molecule has 1 aliphatic carbocycles. The number of carbonyl (C=O) groups excluding carboxylic acids is 1. The van der Waals surface area contributed by atoms with E-state index in [1.807, 2.05) is 36.4 Å². The molecule has 2 aromatic carbocycles.